The normalized spacial score (nSPS) is 43.9. The molecule has 0 radical (unpaired) electrons. The van der Waals surface area contributed by atoms with Crippen molar-refractivity contribution in [3.63, 3.8) is 0 Å². The van der Waals surface area contributed by atoms with Gasteiger partial charge < -0.3 is 0 Å². The Morgan fingerprint density at radius 1 is 1.18 bits per heavy atom. The second-order valence-electron chi connectivity index (χ2n) is 8.91. The summed E-state index contributed by atoms with van der Waals surface area (Å²) < 4.78 is 0. The minimum Gasteiger partial charge on any atom is -0.299 e. The lowest BCUT2D eigenvalue weighted by atomic mass is 9.45. The molecule has 2 nitrogen and oxygen atoms in total. The molecule has 0 aliphatic heterocycles. The van der Waals surface area contributed by atoms with Crippen LogP contribution in [0.15, 0.2) is 24.3 Å². The first-order chi connectivity index (χ1) is 10.1. The molecule has 0 amide bonds. The van der Waals surface area contributed by atoms with Gasteiger partial charge in [-0.3, -0.25) is 9.59 Å². The molecular weight excluding hydrogens is 272 g/mol. The van der Waals surface area contributed by atoms with E-state index in [0.29, 0.717) is 18.8 Å². The van der Waals surface area contributed by atoms with Gasteiger partial charge in [0.15, 0.2) is 5.78 Å². The van der Waals surface area contributed by atoms with Crippen molar-refractivity contribution >= 4 is 11.6 Å². The maximum absolute atomic E-state index is 13.0. The number of carbonyl (C=O) groups is 2. The molecule has 2 fully saturated rings. The van der Waals surface area contributed by atoms with E-state index >= 15 is 0 Å². The zero-order valence-electron chi connectivity index (χ0n) is 14.4. The van der Waals surface area contributed by atoms with Crippen LogP contribution in [0.4, 0.5) is 0 Å². The molecule has 2 saturated carbocycles. The molecule has 0 heterocycles. The summed E-state index contributed by atoms with van der Waals surface area (Å²) in [4.78, 5) is 25.8. The number of carbonyl (C=O) groups excluding carboxylic acids is 2. The standard InChI is InChI=1S/C20H28O2/c1-6-19(4)11-13-14(21)10-16-18(2,3)8-7-9-20(16,5)17(13)15(22)12-19/h6,11,16-17H,1,7-10,12H2,2-5H3. The maximum atomic E-state index is 13.0. The van der Waals surface area contributed by atoms with E-state index in [1.165, 1.54) is 0 Å². The van der Waals surface area contributed by atoms with Crippen LogP contribution in [0.1, 0.15) is 59.8 Å². The summed E-state index contributed by atoms with van der Waals surface area (Å²) in [6.07, 6.45) is 8.34. The minimum atomic E-state index is -0.355. The number of allylic oxidation sites excluding steroid dienone is 3. The predicted molar refractivity (Wildman–Crippen MR) is 88.4 cm³/mol. The Bertz CT molecular complexity index is 583. The van der Waals surface area contributed by atoms with Crippen LogP contribution in [0.5, 0.6) is 0 Å². The average Bonchev–Trinajstić information content (AvgIpc) is 2.40. The number of hydrogen-bond donors (Lipinski definition) is 0. The lowest BCUT2D eigenvalue weighted by Gasteiger charge is -2.58. The molecule has 0 N–H and O–H groups in total. The van der Waals surface area contributed by atoms with Crippen LogP contribution in [0.25, 0.3) is 0 Å². The van der Waals surface area contributed by atoms with Crippen LogP contribution < -0.4 is 0 Å². The highest BCUT2D eigenvalue weighted by molar-refractivity contribution is 6.05. The van der Waals surface area contributed by atoms with E-state index in [-0.39, 0.29) is 33.7 Å². The van der Waals surface area contributed by atoms with E-state index in [9.17, 15) is 9.59 Å². The highest BCUT2D eigenvalue weighted by Gasteiger charge is 2.59. The molecule has 2 heteroatoms. The van der Waals surface area contributed by atoms with E-state index in [1.54, 1.807) is 0 Å². The molecule has 0 aromatic carbocycles. The molecule has 4 atom stereocenters. The van der Waals surface area contributed by atoms with Crippen LogP contribution in [-0.2, 0) is 9.59 Å². The van der Waals surface area contributed by atoms with Crippen LogP contribution in [0.2, 0.25) is 0 Å². The summed E-state index contributed by atoms with van der Waals surface area (Å²) in [5, 5.41) is 0. The Morgan fingerprint density at radius 2 is 1.86 bits per heavy atom. The second kappa shape index (κ2) is 4.66. The van der Waals surface area contributed by atoms with Crippen molar-refractivity contribution in [3.8, 4) is 0 Å². The fourth-order valence-electron chi connectivity index (χ4n) is 5.56. The smallest absolute Gasteiger partial charge is 0.159 e. The van der Waals surface area contributed by atoms with Crippen molar-refractivity contribution in [2.24, 2.45) is 28.1 Å². The first kappa shape index (κ1) is 15.7. The zero-order chi connectivity index (χ0) is 16.3. The summed E-state index contributed by atoms with van der Waals surface area (Å²) >= 11 is 0. The van der Waals surface area contributed by atoms with Crippen molar-refractivity contribution in [1.82, 2.24) is 0 Å². The second-order valence-corrected chi connectivity index (χ2v) is 8.91. The largest absolute Gasteiger partial charge is 0.299 e. The first-order valence-electron chi connectivity index (χ1n) is 8.55. The summed E-state index contributed by atoms with van der Waals surface area (Å²) in [6, 6.07) is 0. The highest BCUT2D eigenvalue weighted by atomic mass is 16.1. The van der Waals surface area contributed by atoms with E-state index < -0.39 is 0 Å². The first-order valence-corrected chi connectivity index (χ1v) is 8.55. The van der Waals surface area contributed by atoms with E-state index in [2.05, 4.69) is 33.4 Å². The van der Waals surface area contributed by atoms with Gasteiger partial charge in [-0.1, -0.05) is 46.3 Å². The van der Waals surface area contributed by atoms with Gasteiger partial charge in [0.1, 0.15) is 5.78 Å². The van der Waals surface area contributed by atoms with Crippen molar-refractivity contribution in [2.45, 2.75) is 59.8 Å². The van der Waals surface area contributed by atoms with Crippen LogP contribution in [-0.4, -0.2) is 11.6 Å². The molecule has 3 aliphatic carbocycles. The number of rotatable bonds is 1. The SMILES string of the molecule is C=CC1(C)C=C2C(=O)CC3C(C)(C)CCCC3(C)C2C(=O)C1. The van der Waals surface area contributed by atoms with Gasteiger partial charge >= 0.3 is 0 Å². The average molecular weight is 300 g/mol. The number of ketones is 2. The predicted octanol–water partition coefficient (Wildman–Crippen LogP) is 4.50. The lowest BCUT2D eigenvalue weighted by Crippen LogP contribution is -2.55. The van der Waals surface area contributed by atoms with Crippen molar-refractivity contribution < 1.29 is 9.59 Å². The van der Waals surface area contributed by atoms with Gasteiger partial charge in [0, 0.05) is 23.8 Å². The zero-order valence-corrected chi connectivity index (χ0v) is 14.4. The van der Waals surface area contributed by atoms with Gasteiger partial charge in [0.25, 0.3) is 0 Å². The summed E-state index contributed by atoms with van der Waals surface area (Å²) in [5.41, 5.74) is 0.524. The monoisotopic (exact) mass is 300 g/mol. The number of Topliss-reactive ketones (excluding diaryl/α,β-unsaturated/α-hetero) is 2. The Balaban J connectivity index is 2.13. The van der Waals surface area contributed by atoms with E-state index in [4.69, 9.17) is 0 Å². The third kappa shape index (κ3) is 2.06. The minimum absolute atomic E-state index is 0.0545. The number of hydrogen-bond acceptors (Lipinski definition) is 2. The summed E-state index contributed by atoms with van der Waals surface area (Å²) in [5.74, 6) is 0.577. The van der Waals surface area contributed by atoms with Crippen molar-refractivity contribution in [3.05, 3.63) is 24.3 Å². The van der Waals surface area contributed by atoms with Crippen LogP contribution in [0.3, 0.4) is 0 Å². The van der Waals surface area contributed by atoms with Crippen LogP contribution >= 0.6 is 0 Å². The molecule has 120 valence electrons. The fourth-order valence-corrected chi connectivity index (χ4v) is 5.56. The molecular formula is C20H28O2. The van der Waals surface area contributed by atoms with Gasteiger partial charge in [-0.25, -0.2) is 0 Å². The summed E-state index contributed by atoms with van der Waals surface area (Å²) in [7, 11) is 0. The Kier molecular flexibility index (Phi) is 3.33. The number of fused-ring (bicyclic) bond motifs is 3. The van der Waals surface area contributed by atoms with Crippen molar-refractivity contribution in [1.29, 1.82) is 0 Å². The molecule has 3 rings (SSSR count). The molecule has 0 saturated heterocycles. The molecule has 0 spiro atoms. The van der Waals surface area contributed by atoms with Gasteiger partial charge in [0.2, 0.25) is 0 Å². The van der Waals surface area contributed by atoms with Crippen LogP contribution in [0, 0.1) is 28.1 Å². The van der Waals surface area contributed by atoms with E-state index in [0.717, 1.165) is 24.8 Å². The van der Waals surface area contributed by atoms with Gasteiger partial charge in [-0.2, -0.15) is 0 Å². The Labute approximate surface area is 134 Å². The van der Waals surface area contributed by atoms with Gasteiger partial charge in [-0.15, -0.1) is 6.58 Å². The fraction of sp³-hybridized carbons (Fsp3) is 0.700. The van der Waals surface area contributed by atoms with Gasteiger partial charge in [-0.05, 0) is 29.6 Å². The van der Waals surface area contributed by atoms with Crippen molar-refractivity contribution in [2.75, 3.05) is 0 Å². The molecule has 0 aromatic heterocycles. The quantitative estimate of drug-likeness (QED) is 0.668. The van der Waals surface area contributed by atoms with Gasteiger partial charge in [0.05, 0.1) is 5.92 Å². The summed E-state index contributed by atoms with van der Waals surface area (Å²) in [6.45, 7) is 12.7. The highest BCUT2D eigenvalue weighted by Crippen LogP contribution is 2.62. The third-order valence-corrected chi connectivity index (χ3v) is 6.79. The lowest BCUT2D eigenvalue weighted by molar-refractivity contribution is -0.144. The molecule has 3 aliphatic rings. The Morgan fingerprint density at radius 3 is 2.50 bits per heavy atom. The topological polar surface area (TPSA) is 34.1 Å². The Hall–Kier alpha value is -1.18. The maximum Gasteiger partial charge on any atom is 0.159 e. The van der Waals surface area contributed by atoms with E-state index in [1.807, 2.05) is 13.0 Å². The molecule has 0 bridgehead atoms. The molecule has 0 aromatic rings. The third-order valence-electron chi connectivity index (χ3n) is 6.79. The molecule has 22 heavy (non-hydrogen) atoms. The molecule has 4 unspecified atom stereocenters.